The van der Waals surface area contributed by atoms with Crippen LogP contribution in [0, 0.1) is 0 Å². The molecule has 1 heterocycles. The van der Waals surface area contributed by atoms with Crippen molar-refractivity contribution in [2.45, 2.75) is 39.1 Å². The lowest BCUT2D eigenvalue weighted by molar-refractivity contribution is -0.166. The fourth-order valence-corrected chi connectivity index (χ4v) is 1.56. The van der Waals surface area contributed by atoms with Crippen molar-refractivity contribution in [3.63, 3.8) is 0 Å². The Morgan fingerprint density at radius 1 is 1.05 bits per heavy atom. The fraction of sp³-hybridized carbons (Fsp3) is 0.636. The minimum atomic E-state index is -1.35. The zero-order chi connectivity index (χ0) is 14.6. The van der Waals surface area contributed by atoms with Crippen LogP contribution < -0.4 is 0 Å². The van der Waals surface area contributed by atoms with E-state index in [-0.39, 0.29) is 6.61 Å². The second-order valence-electron chi connectivity index (χ2n) is 3.88. The van der Waals surface area contributed by atoms with Crippen LogP contribution in [-0.4, -0.2) is 48.8 Å². The summed E-state index contributed by atoms with van der Waals surface area (Å²) in [6.07, 6.45) is -3.47. The highest BCUT2D eigenvalue weighted by molar-refractivity contribution is 5.82. The Bertz CT molecular complexity index is 401. The van der Waals surface area contributed by atoms with Crippen LogP contribution in [0.25, 0.3) is 0 Å². The first-order valence-electron chi connectivity index (χ1n) is 5.49. The molecule has 8 heteroatoms. The van der Waals surface area contributed by atoms with Crippen molar-refractivity contribution in [1.82, 2.24) is 0 Å². The number of cyclic esters (lactones) is 1. The lowest BCUT2D eigenvalue weighted by atomic mass is 10.1. The number of rotatable bonds is 4. The van der Waals surface area contributed by atoms with E-state index in [1.165, 1.54) is 6.92 Å². The van der Waals surface area contributed by atoms with Crippen LogP contribution in [-0.2, 0) is 38.1 Å². The van der Waals surface area contributed by atoms with Crippen molar-refractivity contribution in [2.75, 3.05) is 6.61 Å². The lowest BCUT2D eigenvalue weighted by Gasteiger charge is -2.19. The Labute approximate surface area is 108 Å². The second kappa shape index (κ2) is 6.17. The molecule has 106 valence electrons. The average Bonchev–Trinajstić information content (AvgIpc) is 2.53. The second-order valence-corrected chi connectivity index (χ2v) is 3.88. The van der Waals surface area contributed by atoms with Crippen LogP contribution in [0.5, 0.6) is 0 Å². The van der Waals surface area contributed by atoms with Crippen molar-refractivity contribution >= 4 is 23.9 Å². The summed E-state index contributed by atoms with van der Waals surface area (Å²) in [5.41, 5.74) is 0. The fourth-order valence-electron chi connectivity index (χ4n) is 1.56. The zero-order valence-electron chi connectivity index (χ0n) is 10.7. The first-order valence-corrected chi connectivity index (χ1v) is 5.49. The molecule has 0 unspecified atom stereocenters. The molecule has 3 atom stereocenters. The normalized spacial score (nSPS) is 25.4. The maximum atomic E-state index is 11.5. The van der Waals surface area contributed by atoms with Gasteiger partial charge in [-0.2, -0.15) is 0 Å². The summed E-state index contributed by atoms with van der Waals surface area (Å²) in [6.45, 7) is 3.14. The van der Waals surface area contributed by atoms with Gasteiger partial charge < -0.3 is 18.9 Å². The van der Waals surface area contributed by atoms with Gasteiger partial charge in [-0.25, -0.2) is 4.79 Å². The molecule has 0 amide bonds. The molecule has 0 spiro atoms. The summed E-state index contributed by atoms with van der Waals surface area (Å²) in [6, 6.07) is 0. The van der Waals surface area contributed by atoms with Crippen molar-refractivity contribution in [3.05, 3.63) is 0 Å². The van der Waals surface area contributed by atoms with Crippen LogP contribution >= 0.6 is 0 Å². The van der Waals surface area contributed by atoms with E-state index >= 15 is 0 Å². The third-order valence-corrected chi connectivity index (χ3v) is 2.21. The molecule has 0 aromatic carbocycles. The van der Waals surface area contributed by atoms with Gasteiger partial charge in [-0.05, 0) is 0 Å². The van der Waals surface area contributed by atoms with Gasteiger partial charge in [-0.1, -0.05) is 0 Å². The van der Waals surface area contributed by atoms with E-state index in [0.717, 1.165) is 13.8 Å². The summed E-state index contributed by atoms with van der Waals surface area (Å²) in [4.78, 5) is 44.1. The van der Waals surface area contributed by atoms with Gasteiger partial charge in [0.05, 0.1) is 0 Å². The van der Waals surface area contributed by atoms with Gasteiger partial charge in [0.2, 0.25) is 6.10 Å². The smallest absolute Gasteiger partial charge is 0.352 e. The van der Waals surface area contributed by atoms with Gasteiger partial charge in [-0.15, -0.1) is 0 Å². The van der Waals surface area contributed by atoms with E-state index in [2.05, 4.69) is 0 Å². The third-order valence-electron chi connectivity index (χ3n) is 2.21. The topological polar surface area (TPSA) is 105 Å². The highest BCUT2D eigenvalue weighted by Crippen LogP contribution is 2.23. The first-order chi connectivity index (χ1) is 8.81. The molecule has 1 rings (SSSR count). The molecule has 0 radical (unpaired) electrons. The number of ether oxygens (including phenoxy) is 4. The average molecular weight is 274 g/mol. The maximum absolute atomic E-state index is 11.5. The SMILES string of the molecule is CC(=O)OC[C@H]1OC(=O)[C@H](OC(C)=O)[C@@H]1OC(C)=O. The number of carbonyl (C=O) groups is 4. The van der Waals surface area contributed by atoms with Gasteiger partial charge in [0.15, 0.2) is 12.2 Å². The van der Waals surface area contributed by atoms with Crippen molar-refractivity contribution < 1.29 is 38.1 Å². The van der Waals surface area contributed by atoms with Crippen molar-refractivity contribution in [1.29, 1.82) is 0 Å². The zero-order valence-corrected chi connectivity index (χ0v) is 10.7. The standard InChI is InChI=1S/C11H14O8/c1-5(12)16-4-8-9(17-6(2)13)10(11(15)19-8)18-7(3)14/h8-10H,4H2,1-3H3/t8-,9-,10-/m1/s1. The maximum Gasteiger partial charge on any atom is 0.352 e. The molecule has 1 saturated heterocycles. The van der Waals surface area contributed by atoms with Crippen LogP contribution in [0.3, 0.4) is 0 Å². The van der Waals surface area contributed by atoms with Crippen LogP contribution in [0.1, 0.15) is 20.8 Å². The Morgan fingerprint density at radius 2 is 1.63 bits per heavy atom. The summed E-state index contributed by atoms with van der Waals surface area (Å²) in [5, 5.41) is 0. The molecule has 0 aliphatic carbocycles. The molecule has 1 aliphatic heterocycles. The molecule has 0 saturated carbocycles. The van der Waals surface area contributed by atoms with E-state index in [0.29, 0.717) is 0 Å². The highest BCUT2D eigenvalue weighted by atomic mass is 16.7. The summed E-state index contributed by atoms with van der Waals surface area (Å²) < 4.78 is 19.2. The van der Waals surface area contributed by atoms with E-state index in [1.807, 2.05) is 0 Å². The minimum Gasteiger partial charge on any atom is -0.462 e. The van der Waals surface area contributed by atoms with Crippen LogP contribution in [0.15, 0.2) is 0 Å². The Morgan fingerprint density at radius 3 is 2.11 bits per heavy atom. The van der Waals surface area contributed by atoms with Gasteiger partial charge >= 0.3 is 23.9 Å². The molecule has 8 nitrogen and oxygen atoms in total. The molecule has 0 aromatic rings. The van der Waals surface area contributed by atoms with Crippen LogP contribution in [0.2, 0.25) is 0 Å². The molecule has 0 bridgehead atoms. The minimum absolute atomic E-state index is 0.281. The number of hydrogen-bond donors (Lipinski definition) is 0. The largest absolute Gasteiger partial charge is 0.462 e. The van der Waals surface area contributed by atoms with Crippen LogP contribution in [0.4, 0.5) is 0 Å². The predicted octanol–water partition coefficient (Wildman–Crippen LogP) is -0.662. The van der Waals surface area contributed by atoms with Gasteiger partial charge in [0, 0.05) is 20.8 Å². The molecule has 0 N–H and O–H groups in total. The quantitative estimate of drug-likeness (QED) is 0.491. The summed E-state index contributed by atoms with van der Waals surface area (Å²) in [7, 11) is 0. The lowest BCUT2D eigenvalue weighted by Crippen LogP contribution is -2.40. The molecule has 1 aliphatic rings. The predicted molar refractivity (Wildman–Crippen MR) is 57.6 cm³/mol. The molecule has 0 aromatic heterocycles. The van der Waals surface area contributed by atoms with Gasteiger partial charge in [0.1, 0.15) is 6.61 Å². The van der Waals surface area contributed by atoms with Crippen molar-refractivity contribution in [2.24, 2.45) is 0 Å². The first kappa shape index (κ1) is 14.9. The summed E-state index contributed by atoms with van der Waals surface area (Å²) >= 11 is 0. The number of carbonyl (C=O) groups excluding carboxylic acids is 4. The van der Waals surface area contributed by atoms with E-state index in [9.17, 15) is 19.2 Å². The molecule has 1 fully saturated rings. The van der Waals surface area contributed by atoms with Crippen molar-refractivity contribution in [3.8, 4) is 0 Å². The van der Waals surface area contributed by atoms with E-state index in [1.54, 1.807) is 0 Å². The third kappa shape index (κ3) is 4.23. The van der Waals surface area contributed by atoms with Gasteiger partial charge in [0.25, 0.3) is 0 Å². The molecule has 19 heavy (non-hydrogen) atoms. The Balaban J connectivity index is 2.79. The number of esters is 4. The molecular weight excluding hydrogens is 260 g/mol. The highest BCUT2D eigenvalue weighted by Gasteiger charge is 2.50. The van der Waals surface area contributed by atoms with E-state index in [4.69, 9.17) is 18.9 Å². The number of hydrogen-bond acceptors (Lipinski definition) is 8. The monoisotopic (exact) mass is 274 g/mol. The van der Waals surface area contributed by atoms with Gasteiger partial charge in [-0.3, -0.25) is 14.4 Å². The summed E-state index contributed by atoms with van der Waals surface area (Å²) in [5.74, 6) is -2.81. The molecular formula is C11H14O8. The Hall–Kier alpha value is -2.12. The van der Waals surface area contributed by atoms with E-state index < -0.39 is 42.2 Å². The Kier molecular flexibility index (Phi) is 4.85.